The van der Waals surface area contributed by atoms with E-state index in [2.05, 4.69) is 0 Å². The van der Waals surface area contributed by atoms with Gasteiger partial charge in [0.1, 0.15) is 0 Å². The van der Waals surface area contributed by atoms with Gasteiger partial charge in [-0.2, -0.15) is 0 Å². The molecule has 1 heterocycles. The highest BCUT2D eigenvalue weighted by molar-refractivity contribution is 5.44. The number of hydrogen-bond acceptors (Lipinski definition) is 7. The summed E-state index contributed by atoms with van der Waals surface area (Å²) in [6.45, 7) is 1.96. The lowest BCUT2D eigenvalue weighted by molar-refractivity contribution is 0.00521. The average Bonchev–Trinajstić information content (AvgIpc) is 2.95. The van der Waals surface area contributed by atoms with Crippen LogP contribution >= 0.6 is 0 Å². The van der Waals surface area contributed by atoms with Crippen LogP contribution < -0.4 is 9.47 Å². The zero-order chi connectivity index (χ0) is 15.8. The lowest BCUT2D eigenvalue weighted by Crippen LogP contribution is -2.38. The Morgan fingerprint density at radius 3 is 2.59 bits per heavy atom. The maximum absolute atomic E-state index is 9.93. The van der Waals surface area contributed by atoms with Crippen LogP contribution in [0.2, 0.25) is 0 Å². The van der Waals surface area contributed by atoms with E-state index in [0.29, 0.717) is 32.0 Å². The lowest BCUT2D eigenvalue weighted by Gasteiger charge is -2.23. The van der Waals surface area contributed by atoms with Crippen molar-refractivity contribution in [3.05, 3.63) is 23.8 Å². The van der Waals surface area contributed by atoms with Crippen LogP contribution in [-0.4, -0.2) is 72.6 Å². The van der Waals surface area contributed by atoms with Gasteiger partial charge in [-0.05, 0) is 17.7 Å². The molecule has 1 aromatic carbocycles. The first-order valence-electron chi connectivity index (χ1n) is 7.31. The fourth-order valence-electron chi connectivity index (χ4n) is 2.27. The van der Waals surface area contributed by atoms with Crippen LogP contribution in [0.3, 0.4) is 0 Å². The Bertz CT molecular complexity index is 450. The molecule has 0 aliphatic carbocycles. The quantitative estimate of drug-likeness (QED) is 0.540. The molecule has 7 heteroatoms. The summed E-state index contributed by atoms with van der Waals surface area (Å²) in [4.78, 5) is 1.79. The highest BCUT2D eigenvalue weighted by Crippen LogP contribution is 2.32. The number of aliphatic hydroxyl groups excluding tert-OH is 3. The van der Waals surface area contributed by atoms with Gasteiger partial charge in [-0.25, -0.2) is 0 Å². The Kier molecular flexibility index (Phi) is 6.88. The van der Waals surface area contributed by atoms with Gasteiger partial charge >= 0.3 is 0 Å². The van der Waals surface area contributed by atoms with E-state index in [1.165, 1.54) is 0 Å². The van der Waals surface area contributed by atoms with Crippen molar-refractivity contribution in [1.29, 1.82) is 0 Å². The van der Waals surface area contributed by atoms with Gasteiger partial charge in [-0.1, -0.05) is 6.07 Å². The second-order valence-corrected chi connectivity index (χ2v) is 5.10. The summed E-state index contributed by atoms with van der Waals surface area (Å²) in [5.74, 6) is 1.44. The smallest absolute Gasteiger partial charge is 0.231 e. The van der Waals surface area contributed by atoms with Crippen molar-refractivity contribution < 1.29 is 29.5 Å². The van der Waals surface area contributed by atoms with E-state index >= 15 is 0 Å². The summed E-state index contributed by atoms with van der Waals surface area (Å²) >= 11 is 0. The molecule has 1 aliphatic rings. The molecule has 0 radical (unpaired) electrons. The van der Waals surface area contributed by atoms with Gasteiger partial charge in [0.2, 0.25) is 6.79 Å². The SMILES string of the molecule is OCCN(CCO)C[C@H](O)COCc1ccc2c(c1)OCO2. The molecule has 2 rings (SSSR count). The Morgan fingerprint density at radius 2 is 1.86 bits per heavy atom. The minimum Gasteiger partial charge on any atom is -0.454 e. The Balaban J connectivity index is 1.71. The molecule has 0 fully saturated rings. The zero-order valence-electron chi connectivity index (χ0n) is 12.5. The van der Waals surface area contributed by atoms with Crippen molar-refractivity contribution in [2.75, 3.05) is 46.2 Å². The van der Waals surface area contributed by atoms with Crippen molar-refractivity contribution in [2.45, 2.75) is 12.7 Å². The molecule has 7 nitrogen and oxygen atoms in total. The third-order valence-corrected chi connectivity index (χ3v) is 3.32. The first-order valence-corrected chi connectivity index (χ1v) is 7.31. The number of hydrogen-bond donors (Lipinski definition) is 3. The van der Waals surface area contributed by atoms with E-state index in [-0.39, 0.29) is 26.6 Å². The van der Waals surface area contributed by atoms with E-state index in [1.807, 2.05) is 18.2 Å². The maximum Gasteiger partial charge on any atom is 0.231 e. The molecule has 0 saturated heterocycles. The summed E-state index contributed by atoms with van der Waals surface area (Å²) < 4.78 is 16.0. The molecule has 0 bridgehead atoms. The van der Waals surface area contributed by atoms with Crippen LogP contribution in [0.25, 0.3) is 0 Å². The third-order valence-electron chi connectivity index (χ3n) is 3.32. The number of fused-ring (bicyclic) bond motifs is 1. The molecule has 0 saturated carbocycles. The molecule has 0 spiro atoms. The normalized spacial score (nSPS) is 14.5. The van der Waals surface area contributed by atoms with E-state index in [4.69, 9.17) is 24.4 Å². The predicted octanol–water partition coefficient (Wildman–Crippen LogP) is -0.421. The van der Waals surface area contributed by atoms with E-state index in [0.717, 1.165) is 11.3 Å². The van der Waals surface area contributed by atoms with Gasteiger partial charge < -0.3 is 29.5 Å². The first-order chi connectivity index (χ1) is 10.7. The Hall–Kier alpha value is -1.38. The fraction of sp³-hybridized carbons (Fsp3) is 0.600. The molecular formula is C15H23NO6. The fourth-order valence-corrected chi connectivity index (χ4v) is 2.27. The summed E-state index contributed by atoms with van der Waals surface area (Å²) in [5.41, 5.74) is 0.944. The number of benzene rings is 1. The molecule has 124 valence electrons. The van der Waals surface area contributed by atoms with Crippen LogP contribution in [0, 0.1) is 0 Å². The van der Waals surface area contributed by atoms with Crippen molar-refractivity contribution >= 4 is 0 Å². The maximum atomic E-state index is 9.93. The standard InChI is InChI=1S/C15H23NO6/c17-5-3-16(4-6-18)8-13(19)10-20-9-12-1-2-14-15(7-12)22-11-21-14/h1-2,7,13,17-19H,3-6,8-11H2/t13-/m0/s1. The number of nitrogens with zero attached hydrogens (tertiary/aromatic N) is 1. The molecule has 0 aromatic heterocycles. The number of rotatable bonds is 10. The number of aliphatic hydroxyl groups is 3. The van der Waals surface area contributed by atoms with Gasteiger partial charge in [0.15, 0.2) is 11.5 Å². The largest absolute Gasteiger partial charge is 0.454 e. The number of ether oxygens (including phenoxy) is 3. The van der Waals surface area contributed by atoms with Crippen LogP contribution in [0.4, 0.5) is 0 Å². The van der Waals surface area contributed by atoms with Crippen molar-refractivity contribution in [1.82, 2.24) is 4.90 Å². The zero-order valence-corrected chi connectivity index (χ0v) is 12.5. The monoisotopic (exact) mass is 313 g/mol. The third kappa shape index (κ3) is 5.11. The highest BCUT2D eigenvalue weighted by atomic mass is 16.7. The average molecular weight is 313 g/mol. The minimum absolute atomic E-state index is 0.00915. The van der Waals surface area contributed by atoms with Crippen LogP contribution in [0.15, 0.2) is 18.2 Å². The van der Waals surface area contributed by atoms with Gasteiger partial charge in [-0.3, -0.25) is 4.90 Å². The molecule has 1 aromatic rings. The van der Waals surface area contributed by atoms with E-state index in [1.54, 1.807) is 4.90 Å². The molecular weight excluding hydrogens is 290 g/mol. The summed E-state index contributed by atoms with van der Waals surface area (Å²) in [7, 11) is 0. The van der Waals surface area contributed by atoms with Crippen LogP contribution in [-0.2, 0) is 11.3 Å². The van der Waals surface area contributed by atoms with Crippen molar-refractivity contribution in [3.8, 4) is 11.5 Å². The molecule has 0 unspecified atom stereocenters. The molecule has 1 atom stereocenters. The Labute approximate surface area is 129 Å². The van der Waals surface area contributed by atoms with E-state index in [9.17, 15) is 5.11 Å². The second-order valence-electron chi connectivity index (χ2n) is 5.10. The van der Waals surface area contributed by atoms with Gasteiger partial charge in [-0.15, -0.1) is 0 Å². The van der Waals surface area contributed by atoms with Gasteiger partial charge in [0.25, 0.3) is 0 Å². The second kappa shape index (κ2) is 8.92. The topological polar surface area (TPSA) is 91.6 Å². The predicted molar refractivity (Wildman–Crippen MR) is 78.8 cm³/mol. The molecule has 0 amide bonds. The molecule has 22 heavy (non-hydrogen) atoms. The summed E-state index contributed by atoms with van der Waals surface area (Å²) in [5, 5.41) is 27.8. The molecule has 3 N–H and O–H groups in total. The van der Waals surface area contributed by atoms with Gasteiger partial charge in [0, 0.05) is 19.6 Å². The summed E-state index contributed by atoms with van der Waals surface area (Å²) in [6.07, 6.45) is -0.674. The molecule has 1 aliphatic heterocycles. The minimum atomic E-state index is -0.674. The highest BCUT2D eigenvalue weighted by Gasteiger charge is 2.14. The van der Waals surface area contributed by atoms with Crippen LogP contribution in [0.5, 0.6) is 11.5 Å². The lowest BCUT2D eigenvalue weighted by atomic mass is 10.2. The first kappa shape index (κ1) is 17.0. The Morgan fingerprint density at radius 1 is 1.14 bits per heavy atom. The van der Waals surface area contributed by atoms with Crippen molar-refractivity contribution in [2.24, 2.45) is 0 Å². The summed E-state index contributed by atoms with van der Waals surface area (Å²) in [6, 6.07) is 5.59. The van der Waals surface area contributed by atoms with E-state index < -0.39 is 6.10 Å². The van der Waals surface area contributed by atoms with Crippen LogP contribution in [0.1, 0.15) is 5.56 Å². The van der Waals surface area contributed by atoms with Crippen molar-refractivity contribution in [3.63, 3.8) is 0 Å². The van der Waals surface area contributed by atoms with Gasteiger partial charge in [0.05, 0.1) is 32.5 Å².